The number of aromatic nitrogens is 1. The van der Waals surface area contributed by atoms with E-state index < -0.39 is 12.1 Å². The number of thiazole rings is 1. The number of hydrogen-bond donors (Lipinski definition) is 1. The fourth-order valence-corrected chi connectivity index (χ4v) is 4.62. The highest BCUT2D eigenvalue weighted by Crippen LogP contribution is 2.32. The zero-order valence-corrected chi connectivity index (χ0v) is 18.7. The van der Waals surface area contributed by atoms with Crippen molar-refractivity contribution < 1.29 is 14.3 Å². The molecule has 4 rings (SSSR count). The second-order valence-electron chi connectivity index (χ2n) is 7.04. The summed E-state index contributed by atoms with van der Waals surface area (Å²) < 4.78 is 5.40. The van der Waals surface area contributed by atoms with Crippen molar-refractivity contribution in [2.75, 3.05) is 11.9 Å². The lowest BCUT2D eigenvalue weighted by molar-refractivity contribution is -0.120. The maximum Gasteiger partial charge on any atom is 0.410 e. The zero-order valence-electron chi connectivity index (χ0n) is 16.4. The van der Waals surface area contributed by atoms with E-state index in [1.807, 2.05) is 35.7 Å². The minimum Gasteiger partial charge on any atom is -0.445 e. The van der Waals surface area contributed by atoms with Crippen LogP contribution in [0.15, 0.2) is 53.9 Å². The Bertz CT molecular complexity index is 1090. The number of carbonyl (C=O) groups is 2. The Labute approximate surface area is 193 Å². The van der Waals surface area contributed by atoms with Gasteiger partial charge < -0.3 is 10.1 Å². The topological polar surface area (TPSA) is 71.5 Å². The van der Waals surface area contributed by atoms with E-state index in [1.165, 1.54) is 16.2 Å². The smallest absolute Gasteiger partial charge is 0.410 e. The molecule has 0 saturated carbocycles. The van der Waals surface area contributed by atoms with Crippen LogP contribution in [0.5, 0.6) is 0 Å². The van der Waals surface area contributed by atoms with Gasteiger partial charge in [0.15, 0.2) is 5.13 Å². The van der Waals surface area contributed by atoms with Gasteiger partial charge in [-0.25, -0.2) is 9.78 Å². The molecule has 1 aromatic heterocycles. The maximum absolute atomic E-state index is 12.8. The number of nitrogens with one attached hydrogen (secondary N) is 1. The summed E-state index contributed by atoms with van der Waals surface area (Å²) in [5, 5.41) is 6.09. The number of likely N-dealkylation sites (tertiary alicyclic amines) is 1. The molecule has 3 aromatic rings. The third-order valence-electron chi connectivity index (χ3n) is 4.94. The van der Waals surface area contributed by atoms with Crippen LogP contribution in [-0.2, 0) is 16.1 Å². The minimum atomic E-state index is -0.588. The molecular formula is C22H19Cl2N3O3S. The van der Waals surface area contributed by atoms with Crippen LogP contribution in [0.2, 0.25) is 10.0 Å². The Morgan fingerprint density at radius 3 is 2.77 bits per heavy atom. The first-order valence-corrected chi connectivity index (χ1v) is 11.3. The van der Waals surface area contributed by atoms with Crippen molar-refractivity contribution >= 4 is 51.7 Å². The molecule has 0 spiro atoms. The van der Waals surface area contributed by atoms with Crippen molar-refractivity contribution in [3.8, 4) is 11.3 Å². The molecule has 160 valence electrons. The SMILES string of the molecule is O=C(Nc1nc(-c2ccc(Cl)cc2Cl)cs1)[C@@H]1CCCN1C(=O)OCc1ccccc1. The van der Waals surface area contributed by atoms with Gasteiger partial charge in [-0.15, -0.1) is 11.3 Å². The normalized spacial score (nSPS) is 15.7. The van der Waals surface area contributed by atoms with Gasteiger partial charge in [0.1, 0.15) is 12.6 Å². The van der Waals surface area contributed by atoms with Crippen LogP contribution in [0.3, 0.4) is 0 Å². The molecule has 0 aliphatic carbocycles. The predicted molar refractivity (Wildman–Crippen MR) is 123 cm³/mol. The molecule has 2 aromatic carbocycles. The first kappa shape index (κ1) is 21.6. The molecule has 2 amide bonds. The lowest BCUT2D eigenvalue weighted by Gasteiger charge is -2.22. The van der Waals surface area contributed by atoms with Crippen LogP contribution < -0.4 is 5.32 Å². The molecule has 31 heavy (non-hydrogen) atoms. The van der Waals surface area contributed by atoms with Crippen molar-refractivity contribution in [1.82, 2.24) is 9.88 Å². The van der Waals surface area contributed by atoms with Gasteiger partial charge in [-0.2, -0.15) is 0 Å². The van der Waals surface area contributed by atoms with Crippen molar-refractivity contribution in [3.63, 3.8) is 0 Å². The van der Waals surface area contributed by atoms with Crippen molar-refractivity contribution in [1.29, 1.82) is 0 Å². The van der Waals surface area contributed by atoms with E-state index in [0.717, 1.165) is 17.5 Å². The molecule has 1 N–H and O–H groups in total. The molecule has 1 atom stereocenters. The highest BCUT2D eigenvalue weighted by Gasteiger charge is 2.35. The predicted octanol–water partition coefficient (Wildman–Crippen LogP) is 5.86. The monoisotopic (exact) mass is 475 g/mol. The zero-order chi connectivity index (χ0) is 21.8. The van der Waals surface area contributed by atoms with Gasteiger partial charge >= 0.3 is 6.09 Å². The first-order chi connectivity index (χ1) is 15.0. The number of rotatable bonds is 5. The molecule has 6 nitrogen and oxygen atoms in total. The number of halogens is 2. The summed E-state index contributed by atoms with van der Waals surface area (Å²) in [6, 6.07) is 14.0. The average Bonchev–Trinajstić information content (AvgIpc) is 3.43. The van der Waals surface area contributed by atoms with Crippen LogP contribution in [0, 0.1) is 0 Å². The molecule has 0 radical (unpaired) electrons. The van der Waals surface area contributed by atoms with Crippen LogP contribution in [0.4, 0.5) is 9.93 Å². The van der Waals surface area contributed by atoms with E-state index >= 15 is 0 Å². The average molecular weight is 476 g/mol. The summed E-state index contributed by atoms with van der Waals surface area (Å²) in [5.41, 5.74) is 2.27. The molecule has 0 unspecified atom stereocenters. The van der Waals surface area contributed by atoms with Gasteiger partial charge in [-0.1, -0.05) is 53.5 Å². The highest BCUT2D eigenvalue weighted by molar-refractivity contribution is 7.14. The number of ether oxygens (including phenoxy) is 1. The molecule has 1 aliphatic heterocycles. The van der Waals surface area contributed by atoms with Gasteiger partial charge in [0.25, 0.3) is 0 Å². The lowest BCUT2D eigenvalue weighted by atomic mass is 10.2. The van der Waals surface area contributed by atoms with Gasteiger partial charge in [-0.05, 0) is 36.6 Å². The third kappa shape index (κ3) is 5.18. The van der Waals surface area contributed by atoms with Gasteiger partial charge in [-0.3, -0.25) is 9.69 Å². The van der Waals surface area contributed by atoms with Crippen LogP contribution >= 0.6 is 34.5 Å². The summed E-state index contributed by atoms with van der Waals surface area (Å²) >= 11 is 13.5. The van der Waals surface area contributed by atoms with Crippen molar-refractivity contribution in [2.45, 2.75) is 25.5 Å². The molecule has 2 heterocycles. The number of hydrogen-bond acceptors (Lipinski definition) is 5. The Balaban J connectivity index is 1.38. The summed E-state index contributed by atoms with van der Waals surface area (Å²) in [6.07, 6.45) is 0.824. The van der Waals surface area contributed by atoms with Crippen molar-refractivity contribution in [3.05, 3.63) is 69.5 Å². The Morgan fingerprint density at radius 1 is 1.19 bits per heavy atom. The van der Waals surface area contributed by atoms with Gasteiger partial charge in [0, 0.05) is 22.5 Å². The Hall–Kier alpha value is -2.61. The van der Waals surface area contributed by atoms with Crippen LogP contribution in [0.25, 0.3) is 11.3 Å². The fourth-order valence-electron chi connectivity index (χ4n) is 3.40. The number of benzene rings is 2. The number of carbonyl (C=O) groups excluding carboxylic acids is 2. The largest absolute Gasteiger partial charge is 0.445 e. The third-order valence-corrected chi connectivity index (χ3v) is 6.24. The Kier molecular flexibility index (Phi) is 6.75. The maximum atomic E-state index is 12.8. The van der Waals surface area contributed by atoms with Crippen molar-refractivity contribution in [2.24, 2.45) is 0 Å². The number of amides is 2. The van der Waals surface area contributed by atoms with E-state index in [-0.39, 0.29) is 12.5 Å². The van der Waals surface area contributed by atoms with Crippen LogP contribution in [0.1, 0.15) is 18.4 Å². The summed E-state index contributed by atoms with van der Waals surface area (Å²) in [5.74, 6) is -0.280. The standard InChI is InChI=1S/C22H19Cl2N3O3S/c23-15-8-9-16(17(24)11-15)18-13-31-21(25-18)26-20(28)19-7-4-10-27(19)22(29)30-12-14-5-2-1-3-6-14/h1-3,5-6,8-9,11,13,19H,4,7,10,12H2,(H,25,26,28)/t19-/m0/s1. The fraction of sp³-hybridized carbons (Fsp3) is 0.227. The molecule has 1 aliphatic rings. The summed E-state index contributed by atoms with van der Waals surface area (Å²) in [7, 11) is 0. The van der Waals surface area contributed by atoms with Gasteiger partial charge in [0.2, 0.25) is 5.91 Å². The Morgan fingerprint density at radius 2 is 2.00 bits per heavy atom. The van der Waals surface area contributed by atoms with Gasteiger partial charge in [0.05, 0.1) is 10.7 Å². The quantitative estimate of drug-likeness (QED) is 0.501. The van der Waals surface area contributed by atoms with E-state index in [2.05, 4.69) is 10.3 Å². The number of anilines is 1. The van der Waals surface area contributed by atoms with Crippen LogP contribution in [-0.4, -0.2) is 34.5 Å². The second-order valence-corrected chi connectivity index (χ2v) is 8.74. The first-order valence-electron chi connectivity index (χ1n) is 9.70. The highest BCUT2D eigenvalue weighted by atomic mass is 35.5. The minimum absolute atomic E-state index is 0.169. The number of nitrogens with zero attached hydrogens (tertiary/aromatic N) is 2. The lowest BCUT2D eigenvalue weighted by Crippen LogP contribution is -2.43. The summed E-state index contributed by atoms with van der Waals surface area (Å²) in [6.45, 7) is 0.650. The van der Waals surface area contributed by atoms with E-state index in [4.69, 9.17) is 27.9 Å². The van der Waals surface area contributed by atoms with E-state index in [9.17, 15) is 9.59 Å². The van der Waals surface area contributed by atoms with E-state index in [1.54, 1.807) is 18.2 Å². The molecule has 1 saturated heterocycles. The van der Waals surface area contributed by atoms with E-state index in [0.29, 0.717) is 33.8 Å². The molecule has 9 heteroatoms. The summed E-state index contributed by atoms with van der Waals surface area (Å²) in [4.78, 5) is 31.3. The second kappa shape index (κ2) is 9.68. The molecule has 1 fully saturated rings. The molecule has 0 bridgehead atoms. The molecular weight excluding hydrogens is 457 g/mol.